The molecule has 1 heterocycles. The summed E-state index contributed by atoms with van der Waals surface area (Å²) in [7, 11) is 0. The van der Waals surface area contributed by atoms with Gasteiger partial charge in [-0.2, -0.15) is 4.98 Å². The molecule has 2 rings (SSSR count). The Morgan fingerprint density at radius 2 is 2.11 bits per heavy atom. The summed E-state index contributed by atoms with van der Waals surface area (Å²) in [5.41, 5.74) is 0.826. The zero-order valence-electron chi connectivity index (χ0n) is 10.0. The van der Waals surface area contributed by atoms with E-state index in [1.54, 1.807) is 18.3 Å². The van der Waals surface area contributed by atoms with Crippen molar-refractivity contribution in [2.75, 3.05) is 17.2 Å². The van der Waals surface area contributed by atoms with Crippen molar-refractivity contribution < 1.29 is 0 Å². The maximum atomic E-state index is 6.07. The molecule has 100 valence electrons. The molecule has 2 N–H and O–H groups in total. The van der Waals surface area contributed by atoms with Gasteiger partial charge in [0.1, 0.15) is 5.02 Å². The van der Waals surface area contributed by atoms with Gasteiger partial charge in [0, 0.05) is 16.0 Å². The minimum Gasteiger partial charge on any atom is -0.354 e. The molecule has 0 saturated heterocycles. The molecule has 0 amide bonds. The van der Waals surface area contributed by atoms with Crippen molar-refractivity contribution in [1.29, 1.82) is 0 Å². The molecule has 0 radical (unpaired) electrons. The van der Waals surface area contributed by atoms with E-state index in [1.165, 1.54) is 0 Å². The second-order valence-corrected chi connectivity index (χ2v) is 5.37. The lowest BCUT2D eigenvalue weighted by Crippen LogP contribution is -2.04. The third-order valence-corrected chi connectivity index (χ3v) is 3.43. The predicted molar refractivity (Wildman–Crippen MR) is 83.6 cm³/mol. The molecule has 0 fully saturated rings. The number of anilines is 3. The van der Waals surface area contributed by atoms with Crippen LogP contribution in [-0.2, 0) is 0 Å². The van der Waals surface area contributed by atoms with Crippen LogP contribution in [0.1, 0.15) is 6.92 Å². The van der Waals surface area contributed by atoms with Crippen LogP contribution in [0.2, 0.25) is 10.0 Å². The number of rotatable bonds is 4. The van der Waals surface area contributed by atoms with E-state index in [-0.39, 0.29) is 0 Å². The topological polar surface area (TPSA) is 49.8 Å². The van der Waals surface area contributed by atoms with Gasteiger partial charge in [0.05, 0.1) is 11.9 Å². The van der Waals surface area contributed by atoms with Gasteiger partial charge in [0.25, 0.3) is 0 Å². The largest absolute Gasteiger partial charge is 0.354 e. The summed E-state index contributed by atoms with van der Waals surface area (Å²) in [5.74, 6) is 1.06. The second kappa shape index (κ2) is 6.41. The SMILES string of the molecule is CCNc1ncc(Cl)c(Nc2ccc(Cl)cc2Br)n1. The van der Waals surface area contributed by atoms with Gasteiger partial charge in [-0.15, -0.1) is 0 Å². The van der Waals surface area contributed by atoms with E-state index < -0.39 is 0 Å². The second-order valence-electron chi connectivity index (χ2n) is 3.67. The van der Waals surface area contributed by atoms with Crippen LogP contribution in [0.4, 0.5) is 17.5 Å². The average molecular weight is 362 g/mol. The molecule has 0 unspecified atom stereocenters. The van der Waals surface area contributed by atoms with Crippen molar-refractivity contribution in [3.05, 3.63) is 38.9 Å². The highest BCUT2D eigenvalue weighted by molar-refractivity contribution is 9.10. The third-order valence-electron chi connectivity index (χ3n) is 2.26. The highest BCUT2D eigenvalue weighted by Crippen LogP contribution is 2.30. The summed E-state index contributed by atoms with van der Waals surface area (Å²) in [4.78, 5) is 8.38. The fourth-order valence-electron chi connectivity index (χ4n) is 1.42. The van der Waals surface area contributed by atoms with E-state index in [9.17, 15) is 0 Å². The number of halogens is 3. The van der Waals surface area contributed by atoms with Gasteiger partial charge in [0.15, 0.2) is 5.82 Å². The lowest BCUT2D eigenvalue weighted by molar-refractivity contribution is 1.09. The van der Waals surface area contributed by atoms with E-state index in [2.05, 4.69) is 36.5 Å². The van der Waals surface area contributed by atoms with Gasteiger partial charge < -0.3 is 10.6 Å². The number of hydrogen-bond acceptors (Lipinski definition) is 4. The Hall–Kier alpha value is -1.04. The van der Waals surface area contributed by atoms with Crippen LogP contribution in [0.3, 0.4) is 0 Å². The highest BCUT2D eigenvalue weighted by Gasteiger charge is 2.07. The summed E-state index contributed by atoms with van der Waals surface area (Å²) in [5, 5.41) is 7.27. The number of benzene rings is 1. The van der Waals surface area contributed by atoms with Crippen molar-refractivity contribution in [1.82, 2.24) is 9.97 Å². The first-order valence-corrected chi connectivity index (χ1v) is 7.13. The molecule has 0 aliphatic carbocycles. The molecular weight excluding hydrogens is 351 g/mol. The number of nitrogens with one attached hydrogen (secondary N) is 2. The average Bonchev–Trinajstić information content (AvgIpc) is 2.37. The molecule has 19 heavy (non-hydrogen) atoms. The third kappa shape index (κ3) is 3.72. The quantitative estimate of drug-likeness (QED) is 0.827. The van der Waals surface area contributed by atoms with E-state index in [0.29, 0.717) is 21.8 Å². The molecule has 1 aromatic heterocycles. The lowest BCUT2D eigenvalue weighted by atomic mass is 10.3. The van der Waals surface area contributed by atoms with E-state index in [0.717, 1.165) is 16.7 Å². The Morgan fingerprint density at radius 3 is 2.79 bits per heavy atom. The number of nitrogens with zero attached hydrogens (tertiary/aromatic N) is 2. The van der Waals surface area contributed by atoms with Gasteiger partial charge >= 0.3 is 0 Å². The summed E-state index contributed by atoms with van der Waals surface area (Å²) >= 11 is 15.4. The van der Waals surface area contributed by atoms with Crippen molar-refractivity contribution >= 4 is 56.6 Å². The van der Waals surface area contributed by atoms with Gasteiger partial charge in [0.2, 0.25) is 5.95 Å². The standard InChI is InChI=1S/C12H11BrCl2N4/c1-2-16-12-17-6-9(15)11(19-12)18-10-4-3-7(14)5-8(10)13/h3-6H,2H2,1H3,(H2,16,17,18,19). The molecule has 0 saturated carbocycles. The first-order chi connectivity index (χ1) is 9.10. The predicted octanol–water partition coefficient (Wildman–Crippen LogP) is 4.72. The van der Waals surface area contributed by atoms with Crippen molar-refractivity contribution in [2.24, 2.45) is 0 Å². The number of aromatic nitrogens is 2. The first-order valence-electron chi connectivity index (χ1n) is 5.58. The smallest absolute Gasteiger partial charge is 0.224 e. The molecule has 0 spiro atoms. The molecule has 0 atom stereocenters. The normalized spacial score (nSPS) is 10.3. The summed E-state index contributed by atoms with van der Waals surface area (Å²) in [6.45, 7) is 2.71. The Morgan fingerprint density at radius 1 is 1.32 bits per heavy atom. The van der Waals surface area contributed by atoms with Crippen LogP contribution in [-0.4, -0.2) is 16.5 Å². The Labute approximate surface area is 129 Å². The molecule has 0 bridgehead atoms. The van der Waals surface area contributed by atoms with Gasteiger partial charge in [-0.25, -0.2) is 4.98 Å². The Bertz CT molecular complexity index is 592. The maximum Gasteiger partial charge on any atom is 0.224 e. The van der Waals surface area contributed by atoms with Gasteiger partial charge in [-0.3, -0.25) is 0 Å². The maximum absolute atomic E-state index is 6.07. The van der Waals surface area contributed by atoms with Crippen LogP contribution in [0.25, 0.3) is 0 Å². The zero-order chi connectivity index (χ0) is 13.8. The lowest BCUT2D eigenvalue weighted by Gasteiger charge is -2.10. The molecule has 4 nitrogen and oxygen atoms in total. The molecule has 1 aromatic carbocycles. The van der Waals surface area contributed by atoms with Crippen LogP contribution in [0.15, 0.2) is 28.9 Å². The Kier molecular flexibility index (Phi) is 4.85. The van der Waals surface area contributed by atoms with Crippen molar-refractivity contribution in [3.63, 3.8) is 0 Å². The van der Waals surface area contributed by atoms with Gasteiger partial charge in [-0.1, -0.05) is 23.2 Å². The van der Waals surface area contributed by atoms with Crippen molar-refractivity contribution in [2.45, 2.75) is 6.92 Å². The fraction of sp³-hybridized carbons (Fsp3) is 0.167. The first kappa shape index (κ1) is 14.4. The molecule has 2 aromatic rings. The molecule has 7 heteroatoms. The molecule has 0 aliphatic heterocycles. The molecular formula is C12H11BrCl2N4. The zero-order valence-corrected chi connectivity index (χ0v) is 13.1. The fourth-order valence-corrected chi connectivity index (χ4v) is 2.34. The van der Waals surface area contributed by atoms with Crippen LogP contribution < -0.4 is 10.6 Å². The highest BCUT2D eigenvalue weighted by atomic mass is 79.9. The van der Waals surface area contributed by atoms with Crippen LogP contribution in [0, 0.1) is 0 Å². The summed E-state index contributed by atoms with van der Waals surface area (Å²) in [6, 6.07) is 5.43. The van der Waals surface area contributed by atoms with Gasteiger partial charge in [-0.05, 0) is 41.1 Å². The monoisotopic (exact) mass is 360 g/mol. The summed E-state index contributed by atoms with van der Waals surface area (Å²) in [6.07, 6.45) is 1.55. The van der Waals surface area contributed by atoms with Crippen LogP contribution >= 0.6 is 39.1 Å². The van der Waals surface area contributed by atoms with E-state index >= 15 is 0 Å². The molecule has 0 aliphatic rings. The van der Waals surface area contributed by atoms with E-state index in [4.69, 9.17) is 23.2 Å². The minimum absolute atomic E-state index is 0.448. The minimum atomic E-state index is 0.448. The van der Waals surface area contributed by atoms with E-state index in [1.807, 2.05) is 13.0 Å². The van der Waals surface area contributed by atoms with Crippen molar-refractivity contribution in [3.8, 4) is 0 Å². The summed E-state index contributed by atoms with van der Waals surface area (Å²) < 4.78 is 0.833. The van der Waals surface area contributed by atoms with Crippen LogP contribution in [0.5, 0.6) is 0 Å². The number of hydrogen-bond donors (Lipinski definition) is 2. The Balaban J connectivity index is 2.29.